The van der Waals surface area contributed by atoms with Crippen molar-refractivity contribution in [2.45, 2.75) is 26.1 Å². The van der Waals surface area contributed by atoms with Gasteiger partial charge in [0, 0.05) is 16.3 Å². The Morgan fingerprint density at radius 3 is 2.58 bits per heavy atom. The molecule has 100 valence electrons. The number of pyridine rings is 1. The predicted octanol–water partition coefficient (Wildman–Crippen LogP) is 5.14. The Morgan fingerprint density at radius 2 is 1.89 bits per heavy atom. The van der Waals surface area contributed by atoms with Gasteiger partial charge in [-0.15, -0.1) is 11.6 Å². The van der Waals surface area contributed by atoms with Crippen LogP contribution in [0.25, 0.3) is 0 Å². The first-order valence-corrected chi connectivity index (χ1v) is 7.04. The second-order valence-corrected chi connectivity index (χ2v) is 4.94. The lowest BCUT2D eigenvalue weighted by Crippen LogP contribution is -1.97. The van der Waals surface area contributed by atoms with Gasteiger partial charge in [0.25, 0.3) is 0 Å². The Morgan fingerprint density at radius 1 is 1.16 bits per heavy atom. The minimum atomic E-state index is 0.358. The van der Waals surface area contributed by atoms with Crippen LogP contribution in [0.1, 0.15) is 23.9 Å². The largest absolute Gasteiger partial charge is 0.455 e. The van der Waals surface area contributed by atoms with Crippen LogP contribution in [0.4, 0.5) is 0 Å². The highest BCUT2D eigenvalue weighted by molar-refractivity contribution is 6.30. The molecule has 2 aromatic rings. The Kier molecular flexibility index (Phi) is 4.67. The molecule has 1 aromatic carbocycles. The second kappa shape index (κ2) is 6.27. The molecule has 0 atom stereocenters. The van der Waals surface area contributed by atoms with E-state index in [1.165, 1.54) is 0 Å². The van der Waals surface area contributed by atoms with E-state index in [9.17, 15) is 0 Å². The first-order chi connectivity index (χ1) is 9.13. The van der Waals surface area contributed by atoms with Crippen LogP contribution < -0.4 is 4.74 Å². The van der Waals surface area contributed by atoms with E-state index in [2.05, 4.69) is 11.9 Å². The quantitative estimate of drug-likeness (QED) is 0.729. The molecule has 1 aromatic heterocycles. The molecule has 4 heteroatoms. The van der Waals surface area contributed by atoms with Gasteiger partial charge in [-0.05, 0) is 43.7 Å². The van der Waals surface area contributed by atoms with Crippen molar-refractivity contribution in [2.75, 3.05) is 0 Å². The summed E-state index contributed by atoms with van der Waals surface area (Å²) >= 11 is 11.9. The molecule has 0 aliphatic carbocycles. The summed E-state index contributed by atoms with van der Waals surface area (Å²) in [5, 5.41) is 0.653. The molecule has 0 bridgehead atoms. The number of alkyl halides is 1. The van der Waals surface area contributed by atoms with Crippen molar-refractivity contribution in [3.8, 4) is 11.5 Å². The van der Waals surface area contributed by atoms with Gasteiger partial charge in [-0.2, -0.15) is 0 Å². The third-order valence-electron chi connectivity index (χ3n) is 2.79. The zero-order valence-electron chi connectivity index (χ0n) is 10.9. The topological polar surface area (TPSA) is 22.1 Å². The normalized spacial score (nSPS) is 10.5. The van der Waals surface area contributed by atoms with Gasteiger partial charge in [-0.3, -0.25) is 4.98 Å². The SMILES string of the molecule is CCc1nc(C)ccc1Oc1ccc(Cl)cc1CCl. The lowest BCUT2D eigenvalue weighted by atomic mass is 10.2. The molecule has 0 fully saturated rings. The van der Waals surface area contributed by atoms with Crippen LogP contribution in [0.5, 0.6) is 11.5 Å². The molecule has 0 unspecified atom stereocenters. The molecule has 0 aliphatic heterocycles. The molecule has 0 spiro atoms. The van der Waals surface area contributed by atoms with E-state index in [1.54, 1.807) is 6.07 Å². The summed E-state index contributed by atoms with van der Waals surface area (Å²) in [4.78, 5) is 4.48. The average molecular weight is 296 g/mol. The molecular weight excluding hydrogens is 281 g/mol. The molecule has 0 N–H and O–H groups in total. The summed E-state index contributed by atoms with van der Waals surface area (Å²) in [5.41, 5.74) is 2.80. The number of ether oxygens (including phenoxy) is 1. The van der Waals surface area contributed by atoms with Crippen LogP contribution in [0.15, 0.2) is 30.3 Å². The van der Waals surface area contributed by atoms with E-state index in [0.717, 1.165) is 34.9 Å². The van der Waals surface area contributed by atoms with Crippen molar-refractivity contribution in [3.05, 3.63) is 52.3 Å². The third kappa shape index (κ3) is 3.40. The minimum Gasteiger partial charge on any atom is -0.455 e. The van der Waals surface area contributed by atoms with Crippen molar-refractivity contribution < 1.29 is 4.74 Å². The van der Waals surface area contributed by atoms with Crippen molar-refractivity contribution in [3.63, 3.8) is 0 Å². The first kappa shape index (κ1) is 14.2. The Labute approximate surface area is 123 Å². The van der Waals surface area contributed by atoms with Crippen molar-refractivity contribution in [1.29, 1.82) is 0 Å². The highest BCUT2D eigenvalue weighted by atomic mass is 35.5. The number of hydrogen-bond acceptors (Lipinski definition) is 2. The highest BCUT2D eigenvalue weighted by Crippen LogP contribution is 2.30. The summed E-state index contributed by atoms with van der Waals surface area (Å²) in [6.45, 7) is 4.02. The fourth-order valence-corrected chi connectivity index (χ4v) is 2.22. The Balaban J connectivity index is 2.36. The van der Waals surface area contributed by atoms with Crippen molar-refractivity contribution in [2.24, 2.45) is 0 Å². The number of halogens is 2. The maximum absolute atomic E-state index is 5.95. The summed E-state index contributed by atoms with van der Waals surface area (Å²) in [6, 6.07) is 9.31. The summed E-state index contributed by atoms with van der Waals surface area (Å²) < 4.78 is 5.93. The zero-order valence-corrected chi connectivity index (χ0v) is 12.4. The fraction of sp³-hybridized carbons (Fsp3) is 0.267. The summed E-state index contributed by atoms with van der Waals surface area (Å²) in [5.74, 6) is 1.85. The van der Waals surface area contributed by atoms with Crippen LogP contribution in [-0.2, 0) is 12.3 Å². The molecule has 19 heavy (non-hydrogen) atoms. The third-order valence-corrected chi connectivity index (χ3v) is 3.32. The van der Waals surface area contributed by atoms with Gasteiger partial charge < -0.3 is 4.74 Å². The number of hydrogen-bond donors (Lipinski definition) is 0. The Bertz CT molecular complexity index is 533. The van der Waals surface area contributed by atoms with Gasteiger partial charge in [-0.25, -0.2) is 0 Å². The number of benzene rings is 1. The van der Waals surface area contributed by atoms with Crippen LogP contribution in [0, 0.1) is 6.92 Å². The molecular formula is C15H15Cl2NO. The smallest absolute Gasteiger partial charge is 0.148 e. The van der Waals surface area contributed by atoms with Crippen LogP contribution in [0.3, 0.4) is 0 Å². The monoisotopic (exact) mass is 295 g/mol. The van der Waals surface area contributed by atoms with Gasteiger partial charge in [0.2, 0.25) is 0 Å². The van der Waals surface area contributed by atoms with E-state index < -0.39 is 0 Å². The van der Waals surface area contributed by atoms with E-state index in [0.29, 0.717) is 10.9 Å². The van der Waals surface area contributed by atoms with E-state index in [1.807, 2.05) is 31.2 Å². The lowest BCUT2D eigenvalue weighted by Gasteiger charge is -2.13. The lowest BCUT2D eigenvalue weighted by molar-refractivity contribution is 0.468. The first-order valence-electron chi connectivity index (χ1n) is 6.12. The number of aryl methyl sites for hydroxylation is 2. The maximum Gasteiger partial charge on any atom is 0.148 e. The van der Waals surface area contributed by atoms with Gasteiger partial charge in [0.05, 0.1) is 11.6 Å². The maximum atomic E-state index is 5.95. The molecule has 0 radical (unpaired) electrons. The molecule has 0 saturated heterocycles. The summed E-state index contributed by atoms with van der Waals surface area (Å²) in [6.07, 6.45) is 0.820. The zero-order chi connectivity index (χ0) is 13.8. The molecule has 0 saturated carbocycles. The minimum absolute atomic E-state index is 0.358. The Hall–Kier alpha value is -1.25. The van der Waals surface area contributed by atoms with Crippen LogP contribution in [0.2, 0.25) is 5.02 Å². The second-order valence-electron chi connectivity index (χ2n) is 4.24. The van der Waals surface area contributed by atoms with Gasteiger partial charge in [0.15, 0.2) is 0 Å². The van der Waals surface area contributed by atoms with E-state index >= 15 is 0 Å². The standard InChI is InChI=1S/C15H15Cl2NO/c1-3-13-15(6-4-10(2)18-13)19-14-7-5-12(17)8-11(14)9-16/h4-8H,3,9H2,1-2H3. The van der Waals surface area contributed by atoms with E-state index in [-0.39, 0.29) is 0 Å². The van der Waals surface area contributed by atoms with E-state index in [4.69, 9.17) is 27.9 Å². The fourth-order valence-electron chi connectivity index (χ4n) is 1.81. The summed E-state index contributed by atoms with van der Waals surface area (Å²) in [7, 11) is 0. The molecule has 1 heterocycles. The molecule has 0 amide bonds. The van der Waals surface area contributed by atoms with Crippen LogP contribution >= 0.6 is 23.2 Å². The van der Waals surface area contributed by atoms with Crippen molar-refractivity contribution >= 4 is 23.2 Å². The van der Waals surface area contributed by atoms with Gasteiger partial charge >= 0.3 is 0 Å². The number of aromatic nitrogens is 1. The molecule has 0 aliphatic rings. The van der Waals surface area contributed by atoms with Crippen LogP contribution in [-0.4, -0.2) is 4.98 Å². The van der Waals surface area contributed by atoms with Gasteiger partial charge in [0.1, 0.15) is 11.5 Å². The predicted molar refractivity (Wildman–Crippen MR) is 79.4 cm³/mol. The number of rotatable bonds is 4. The number of nitrogens with zero attached hydrogens (tertiary/aromatic N) is 1. The van der Waals surface area contributed by atoms with Crippen molar-refractivity contribution in [1.82, 2.24) is 4.98 Å². The average Bonchev–Trinajstić information content (AvgIpc) is 2.42. The molecule has 2 nitrogen and oxygen atoms in total. The van der Waals surface area contributed by atoms with Gasteiger partial charge in [-0.1, -0.05) is 18.5 Å². The molecule has 2 rings (SSSR count). The highest BCUT2D eigenvalue weighted by Gasteiger charge is 2.09.